The normalized spacial score (nSPS) is 26.0. The second-order valence-electron chi connectivity index (χ2n) is 5.17. The van der Waals surface area contributed by atoms with Crippen molar-refractivity contribution < 1.29 is 0 Å². The van der Waals surface area contributed by atoms with Crippen LogP contribution in [0.5, 0.6) is 0 Å². The van der Waals surface area contributed by atoms with E-state index in [4.69, 9.17) is 23.2 Å². The van der Waals surface area contributed by atoms with Crippen LogP contribution < -0.4 is 0 Å². The molecule has 1 saturated carbocycles. The Bertz CT molecular complexity index is 391. The third kappa shape index (κ3) is 3.12. The molecule has 3 atom stereocenters. The fourth-order valence-corrected chi connectivity index (χ4v) is 3.35. The van der Waals surface area contributed by atoms with Gasteiger partial charge in [0.2, 0.25) is 10.6 Å². The van der Waals surface area contributed by atoms with Gasteiger partial charge >= 0.3 is 0 Å². The molecule has 0 saturated heterocycles. The number of rotatable bonds is 3. The lowest BCUT2D eigenvalue weighted by atomic mass is 9.72. The minimum Gasteiger partial charge on any atom is -0.202 e. The number of hydrogen-bond acceptors (Lipinski definition) is 3. The van der Waals surface area contributed by atoms with E-state index in [0.29, 0.717) is 17.8 Å². The van der Waals surface area contributed by atoms with Crippen LogP contribution in [0.3, 0.4) is 0 Å². The van der Waals surface area contributed by atoms with Crippen molar-refractivity contribution in [1.29, 1.82) is 0 Å². The largest absolute Gasteiger partial charge is 0.226 e. The van der Waals surface area contributed by atoms with Crippen LogP contribution in [0, 0.1) is 11.8 Å². The second kappa shape index (κ2) is 6.16. The van der Waals surface area contributed by atoms with Crippen molar-refractivity contribution in [3.63, 3.8) is 0 Å². The van der Waals surface area contributed by atoms with E-state index in [-0.39, 0.29) is 10.6 Å². The maximum atomic E-state index is 5.88. The van der Waals surface area contributed by atoms with Gasteiger partial charge in [-0.1, -0.05) is 33.1 Å². The van der Waals surface area contributed by atoms with Gasteiger partial charge in [0, 0.05) is 5.92 Å². The van der Waals surface area contributed by atoms with Crippen LogP contribution in [0.15, 0.2) is 0 Å². The van der Waals surface area contributed by atoms with E-state index in [1.807, 2.05) is 0 Å². The highest BCUT2D eigenvalue weighted by atomic mass is 35.5. The van der Waals surface area contributed by atoms with Crippen LogP contribution in [0.2, 0.25) is 10.6 Å². The Balaban J connectivity index is 2.27. The number of hydrogen-bond donors (Lipinski definition) is 0. The summed E-state index contributed by atoms with van der Waals surface area (Å²) in [5.74, 6) is 2.49. The lowest BCUT2D eigenvalue weighted by Crippen LogP contribution is -2.25. The van der Waals surface area contributed by atoms with Gasteiger partial charge in [-0.05, 0) is 47.9 Å². The highest BCUT2D eigenvalue weighted by Crippen LogP contribution is 2.41. The third-order valence-corrected chi connectivity index (χ3v) is 4.46. The van der Waals surface area contributed by atoms with Gasteiger partial charge in [-0.25, -0.2) is 9.97 Å². The van der Waals surface area contributed by atoms with Gasteiger partial charge in [0.05, 0.1) is 0 Å². The molecule has 18 heavy (non-hydrogen) atoms. The van der Waals surface area contributed by atoms with E-state index in [9.17, 15) is 0 Å². The van der Waals surface area contributed by atoms with Gasteiger partial charge in [0.15, 0.2) is 0 Å². The Hall–Kier alpha value is -0.410. The molecule has 0 N–H and O–H groups in total. The number of nitrogens with zero attached hydrogens (tertiary/aromatic N) is 3. The summed E-state index contributed by atoms with van der Waals surface area (Å²) in [4.78, 5) is 12.4. The molecule has 0 radical (unpaired) electrons. The molecule has 1 aliphatic carbocycles. The average Bonchev–Trinajstić information content (AvgIpc) is 2.36. The van der Waals surface area contributed by atoms with Crippen molar-refractivity contribution in [2.45, 2.75) is 51.9 Å². The topological polar surface area (TPSA) is 38.7 Å². The highest BCUT2D eigenvalue weighted by molar-refractivity contribution is 6.31. The molecular formula is C13H19Cl2N3. The molecule has 0 amide bonds. The predicted octanol–water partition coefficient (Wildman–Crippen LogP) is 4.50. The van der Waals surface area contributed by atoms with Crippen molar-refractivity contribution in [2.75, 3.05) is 0 Å². The number of aromatic nitrogens is 3. The van der Waals surface area contributed by atoms with Crippen molar-refractivity contribution in [3.8, 4) is 0 Å². The molecule has 0 aromatic carbocycles. The average molecular weight is 288 g/mol. The minimum absolute atomic E-state index is 0.207. The first-order chi connectivity index (χ1) is 8.61. The van der Waals surface area contributed by atoms with Crippen LogP contribution in [0.1, 0.15) is 57.7 Å². The summed E-state index contributed by atoms with van der Waals surface area (Å²) in [7, 11) is 0. The van der Waals surface area contributed by atoms with Crippen LogP contribution in [-0.4, -0.2) is 15.0 Å². The van der Waals surface area contributed by atoms with Gasteiger partial charge in [-0.15, -0.1) is 0 Å². The maximum Gasteiger partial charge on any atom is 0.226 e. The molecule has 0 spiro atoms. The first kappa shape index (κ1) is 14.0. The molecule has 1 unspecified atom stereocenters. The Labute approximate surface area is 118 Å². The van der Waals surface area contributed by atoms with E-state index >= 15 is 0 Å². The van der Waals surface area contributed by atoms with Crippen LogP contribution >= 0.6 is 23.2 Å². The maximum absolute atomic E-state index is 5.88. The second-order valence-corrected chi connectivity index (χ2v) is 5.85. The van der Waals surface area contributed by atoms with Crippen LogP contribution in [0.25, 0.3) is 0 Å². The standard InChI is InChI=1S/C13H19Cl2N3/c1-3-8(2)9-6-4-5-7-10(9)11-16-12(14)18-13(15)17-11/h8-10H,3-7H2,1-2H3/t8-,9-,10?/m0/s1. The molecule has 1 aliphatic rings. The molecule has 2 rings (SSSR count). The molecule has 1 aromatic heterocycles. The van der Waals surface area contributed by atoms with Crippen LogP contribution in [-0.2, 0) is 0 Å². The molecule has 1 aromatic rings. The minimum atomic E-state index is 0.207. The van der Waals surface area contributed by atoms with Gasteiger partial charge < -0.3 is 0 Å². The molecule has 100 valence electrons. The van der Waals surface area contributed by atoms with Crippen molar-refractivity contribution >= 4 is 23.2 Å². The first-order valence-corrected chi connectivity index (χ1v) is 7.44. The molecular weight excluding hydrogens is 269 g/mol. The zero-order chi connectivity index (χ0) is 13.1. The monoisotopic (exact) mass is 287 g/mol. The van der Waals surface area contributed by atoms with Crippen molar-refractivity contribution in [2.24, 2.45) is 11.8 Å². The zero-order valence-electron chi connectivity index (χ0n) is 10.9. The highest BCUT2D eigenvalue weighted by Gasteiger charge is 2.32. The smallest absolute Gasteiger partial charge is 0.202 e. The summed E-state index contributed by atoms with van der Waals surface area (Å²) in [6.45, 7) is 4.55. The Morgan fingerprint density at radius 1 is 1.11 bits per heavy atom. The van der Waals surface area contributed by atoms with Gasteiger partial charge in [-0.3, -0.25) is 0 Å². The third-order valence-electron chi connectivity index (χ3n) is 4.12. The summed E-state index contributed by atoms with van der Waals surface area (Å²) in [5, 5.41) is 0.414. The molecule has 1 heterocycles. The molecule has 1 fully saturated rings. The van der Waals surface area contributed by atoms with Gasteiger partial charge in [0.25, 0.3) is 0 Å². The van der Waals surface area contributed by atoms with Gasteiger partial charge in [0.1, 0.15) is 5.82 Å². The summed E-state index contributed by atoms with van der Waals surface area (Å²) in [6.07, 6.45) is 6.11. The molecule has 0 aliphatic heterocycles. The fraction of sp³-hybridized carbons (Fsp3) is 0.769. The molecule has 3 nitrogen and oxygen atoms in total. The Morgan fingerprint density at radius 3 is 2.33 bits per heavy atom. The lowest BCUT2D eigenvalue weighted by Gasteiger charge is -2.34. The summed E-state index contributed by atoms with van der Waals surface area (Å²) < 4.78 is 0. The predicted molar refractivity (Wildman–Crippen MR) is 74.0 cm³/mol. The quantitative estimate of drug-likeness (QED) is 0.822. The van der Waals surface area contributed by atoms with E-state index in [1.165, 1.54) is 25.7 Å². The Morgan fingerprint density at radius 2 is 1.72 bits per heavy atom. The summed E-state index contributed by atoms with van der Waals surface area (Å²) in [6, 6.07) is 0. The lowest BCUT2D eigenvalue weighted by molar-refractivity contribution is 0.214. The van der Waals surface area contributed by atoms with E-state index in [0.717, 1.165) is 12.2 Å². The van der Waals surface area contributed by atoms with Crippen LogP contribution in [0.4, 0.5) is 0 Å². The number of halogens is 2. The molecule has 5 heteroatoms. The first-order valence-electron chi connectivity index (χ1n) is 6.68. The van der Waals surface area contributed by atoms with E-state index in [1.54, 1.807) is 0 Å². The van der Waals surface area contributed by atoms with Crippen molar-refractivity contribution in [1.82, 2.24) is 15.0 Å². The summed E-state index contributed by atoms with van der Waals surface area (Å²) >= 11 is 11.8. The van der Waals surface area contributed by atoms with Gasteiger partial charge in [-0.2, -0.15) is 4.98 Å². The SMILES string of the molecule is CC[C@H](C)[C@@H]1CCCCC1c1nc(Cl)nc(Cl)n1. The van der Waals surface area contributed by atoms with Crippen molar-refractivity contribution in [3.05, 3.63) is 16.4 Å². The zero-order valence-corrected chi connectivity index (χ0v) is 12.4. The fourth-order valence-electron chi connectivity index (χ4n) is 2.97. The Kier molecular flexibility index (Phi) is 4.79. The molecule has 0 bridgehead atoms. The summed E-state index contributed by atoms with van der Waals surface area (Å²) in [5.41, 5.74) is 0. The van der Waals surface area contributed by atoms with E-state index < -0.39 is 0 Å². The van der Waals surface area contributed by atoms with E-state index in [2.05, 4.69) is 28.8 Å².